The molecule has 0 fully saturated rings. The highest BCUT2D eigenvalue weighted by Gasteiger charge is 2.09. The number of carbonyl (C=O) groups is 1. The Balaban J connectivity index is 2.13. The van der Waals surface area contributed by atoms with E-state index in [0.29, 0.717) is 11.4 Å². The van der Waals surface area contributed by atoms with Gasteiger partial charge in [0, 0.05) is 10.2 Å². The maximum atomic E-state index is 12.0. The highest BCUT2D eigenvalue weighted by molar-refractivity contribution is 9.10. The molecule has 0 saturated carbocycles. The summed E-state index contributed by atoms with van der Waals surface area (Å²) in [6.07, 6.45) is 0. The molecule has 20 heavy (non-hydrogen) atoms. The predicted molar refractivity (Wildman–Crippen MR) is 87.1 cm³/mol. The maximum absolute atomic E-state index is 12.0. The second-order valence-electron chi connectivity index (χ2n) is 4.64. The zero-order chi connectivity index (χ0) is 14.7. The van der Waals surface area contributed by atoms with Crippen molar-refractivity contribution in [2.45, 2.75) is 13.8 Å². The molecule has 0 unspecified atom stereocenters. The van der Waals surface area contributed by atoms with Crippen LogP contribution in [-0.2, 0) is 0 Å². The van der Waals surface area contributed by atoms with Crippen molar-refractivity contribution in [1.29, 1.82) is 0 Å². The summed E-state index contributed by atoms with van der Waals surface area (Å²) in [6, 6.07) is 11.0. The molecule has 5 heteroatoms. The number of nitrogens with two attached hydrogens (primary N) is 1. The van der Waals surface area contributed by atoms with E-state index in [1.54, 1.807) is 6.07 Å². The molecule has 0 heterocycles. The lowest BCUT2D eigenvalue weighted by molar-refractivity contribution is 0.262. The molecule has 2 amide bonds. The highest BCUT2D eigenvalue weighted by Crippen LogP contribution is 2.27. The number of urea groups is 1. The Labute approximate surface area is 126 Å². The lowest BCUT2D eigenvalue weighted by atomic mass is 10.1. The summed E-state index contributed by atoms with van der Waals surface area (Å²) >= 11 is 3.37. The molecule has 2 rings (SSSR count). The second-order valence-corrected chi connectivity index (χ2v) is 5.55. The number of nitrogens with one attached hydrogen (secondary N) is 2. The average molecular weight is 334 g/mol. The van der Waals surface area contributed by atoms with E-state index in [0.717, 1.165) is 21.3 Å². The van der Waals surface area contributed by atoms with Crippen LogP contribution in [0.5, 0.6) is 0 Å². The van der Waals surface area contributed by atoms with Crippen LogP contribution >= 0.6 is 15.9 Å². The quantitative estimate of drug-likeness (QED) is 0.717. The van der Waals surface area contributed by atoms with Crippen LogP contribution in [0.15, 0.2) is 40.9 Å². The van der Waals surface area contributed by atoms with Crippen molar-refractivity contribution in [3.05, 3.63) is 52.0 Å². The third-order valence-electron chi connectivity index (χ3n) is 2.85. The number of rotatable bonds is 2. The Kier molecular flexibility index (Phi) is 4.29. The summed E-state index contributed by atoms with van der Waals surface area (Å²) in [7, 11) is 0. The van der Waals surface area contributed by atoms with E-state index < -0.39 is 0 Å². The number of nitrogen functional groups attached to an aromatic ring is 1. The topological polar surface area (TPSA) is 67.2 Å². The van der Waals surface area contributed by atoms with Crippen LogP contribution in [0.3, 0.4) is 0 Å². The first-order valence-electron chi connectivity index (χ1n) is 6.16. The van der Waals surface area contributed by atoms with Crippen molar-refractivity contribution in [2.24, 2.45) is 0 Å². The van der Waals surface area contributed by atoms with Crippen LogP contribution in [0.25, 0.3) is 0 Å². The van der Waals surface area contributed by atoms with Gasteiger partial charge in [0.1, 0.15) is 0 Å². The van der Waals surface area contributed by atoms with Gasteiger partial charge in [0.25, 0.3) is 0 Å². The minimum atomic E-state index is -0.312. The fourth-order valence-corrected chi connectivity index (χ4v) is 2.53. The molecule has 0 atom stereocenters. The molecule has 0 bridgehead atoms. The molecule has 0 aliphatic heterocycles. The van der Waals surface area contributed by atoms with E-state index in [4.69, 9.17) is 5.73 Å². The van der Waals surface area contributed by atoms with Crippen LogP contribution in [0, 0.1) is 13.8 Å². The normalized spacial score (nSPS) is 10.2. The Morgan fingerprint density at radius 2 is 1.90 bits per heavy atom. The van der Waals surface area contributed by atoms with Gasteiger partial charge in [0.05, 0.1) is 11.4 Å². The van der Waals surface area contributed by atoms with Gasteiger partial charge in [0.2, 0.25) is 0 Å². The summed E-state index contributed by atoms with van der Waals surface area (Å²) < 4.78 is 0.886. The Morgan fingerprint density at radius 1 is 1.15 bits per heavy atom. The summed E-state index contributed by atoms with van der Waals surface area (Å²) in [5, 5.41) is 5.56. The molecular formula is C15H16BrN3O. The largest absolute Gasteiger partial charge is 0.397 e. The van der Waals surface area contributed by atoms with Gasteiger partial charge in [0.15, 0.2) is 0 Å². The zero-order valence-corrected chi connectivity index (χ0v) is 12.9. The Morgan fingerprint density at radius 3 is 2.55 bits per heavy atom. The minimum Gasteiger partial charge on any atom is -0.397 e. The van der Waals surface area contributed by atoms with Gasteiger partial charge in [-0.3, -0.25) is 0 Å². The Bertz CT molecular complexity index is 632. The van der Waals surface area contributed by atoms with Crippen molar-refractivity contribution < 1.29 is 4.79 Å². The van der Waals surface area contributed by atoms with Gasteiger partial charge < -0.3 is 16.4 Å². The molecule has 0 radical (unpaired) electrons. The molecule has 0 aliphatic carbocycles. The number of aryl methyl sites for hydroxylation is 2. The van der Waals surface area contributed by atoms with Crippen LogP contribution in [0.4, 0.5) is 21.9 Å². The number of carbonyl (C=O) groups excluding carboxylic acids is 1. The summed E-state index contributed by atoms with van der Waals surface area (Å²) in [5.41, 5.74) is 9.79. The number of halogens is 1. The monoisotopic (exact) mass is 333 g/mol. The molecule has 4 N–H and O–H groups in total. The van der Waals surface area contributed by atoms with Gasteiger partial charge in [-0.1, -0.05) is 28.1 Å². The molecule has 0 spiro atoms. The third kappa shape index (κ3) is 3.51. The van der Waals surface area contributed by atoms with E-state index in [9.17, 15) is 4.79 Å². The van der Waals surface area contributed by atoms with E-state index in [1.807, 2.05) is 44.2 Å². The van der Waals surface area contributed by atoms with Crippen molar-refractivity contribution in [3.63, 3.8) is 0 Å². The van der Waals surface area contributed by atoms with Crippen molar-refractivity contribution in [2.75, 3.05) is 16.4 Å². The van der Waals surface area contributed by atoms with Crippen molar-refractivity contribution in [3.8, 4) is 0 Å². The number of hydrogen-bond acceptors (Lipinski definition) is 2. The first-order chi connectivity index (χ1) is 9.45. The summed E-state index contributed by atoms with van der Waals surface area (Å²) in [5.74, 6) is 0. The van der Waals surface area contributed by atoms with Crippen molar-refractivity contribution >= 4 is 39.0 Å². The first kappa shape index (κ1) is 14.4. The standard InChI is InChI=1S/C15H16BrN3O/c1-9-4-3-5-12(6-9)18-15(20)19-14-10(2)7-11(16)8-13(14)17/h3-8H,17H2,1-2H3,(H2,18,19,20). The molecule has 2 aromatic carbocycles. The van der Waals surface area contributed by atoms with E-state index in [-0.39, 0.29) is 6.03 Å². The summed E-state index contributed by atoms with van der Waals surface area (Å²) in [6.45, 7) is 3.86. The maximum Gasteiger partial charge on any atom is 0.323 e. The first-order valence-corrected chi connectivity index (χ1v) is 6.95. The van der Waals surface area contributed by atoms with Crippen LogP contribution < -0.4 is 16.4 Å². The third-order valence-corrected chi connectivity index (χ3v) is 3.30. The number of amides is 2. The minimum absolute atomic E-state index is 0.312. The fraction of sp³-hybridized carbons (Fsp3) is 0.133. The number of hydrogen-bond donors (Lipinski definition) is 3. The predicted octanol–water partition coefficient (Wildman–Crippen LogP) is 4.29. The number of benzene rings is 2. The second kappa shape index (κ2) is 5.96. The lowest BCUT2D eigenvalue weighted by Crippen LogP contribution is -2.20. The van der Waals surface area contributed by atoms with Crippen molar-refractivity contribution in [1.82, 2.24) is 0 Å². The smallest absolute Gasteiger partial charge is 0.323 e. The molecule has 2 aromatic rings. The van der Waals surface area contributed by atoms with E-state index in [2.05, 4.69) is 26.6 Å². The van der Waals surface area contributed by atoms with Gasteiger partial charge in [-0.25, -0.2) is 4.79 Å². The van der Waals surface area contributed by atoms with E-state index >= 15 is 0 Å². The zero-order valence-electron chi connectivity index (χ0n) is 11.3. The lowest BCUT2D eigenvalue weighted by Gasteiger charge is -2.13. The average Bonchev–Trinajstić information content (AvgIpc) is 2.33. The SMILES string of the molecule is Cc1cccc(NC(=O)Nc2c(C)cc(Br)cc2N)c1. The highest BCUT2D eigenvalue weighted by atomic mass is 79.9. The Hall–Kier alpha value is -2.01. The molecule has 0 saturated heterocycles. The van der Waals surface area contributed by atoms with Gasteiger partial charge in [-0.2, -0.15) is 0 Å². The molecule has 0 aromatic heterocycles. The molecule has 0 aliphatic rings. The van der Waals surface area contributed by atoms with Gasteiger partial charge >= 0.3 is 6.03 Å². The summed E-state index contributed by atoms with van der Waals surface area (Å²) in [4.78, 5) is 12.0. The number of anilines is 3. The van der Waals surface area contributed by atoms with Crippen LogP contribution in [0.1, 0.15) is 11.1 Å². The van der Waals surface area contributed by atoms with Gasteiger partial charge in [-0.15, -0.1) is 0 Å². The van der Waals surface area contributed by atoms with Crippen LogP contribution in [0.2, 0.25) is 0 Å². The van der Waals surface area contributed by atoms with Crippen LogP contribution in [-0.4, -0.2) is 6.03 Å². The molecular weight excluding hydrogens is 318 g/mol. The molecule has 104 valence electrons. The molecule has 4 nitrogen and oxygen atoms in total. The fourth-order valence-electron chi connectivity index (χ4n) is 1.94. The van der Waals surface area contributed by atoms with E-state index in [1.165, 1.54) is 0 Å². The van der Waals surface area contributed by atoms with Gasteiger partial charge in [-0.05, 0) is 49.2 Å².